The van der Waals surface area contributed by atoms with Gasteiger partial charge < -0.3 is 15.3 Å². The quantitative estimate of drug-likeness (QED) is 0.629. The van der Waals surface area contributed by atoms with Crippen LogP contribution >= 0.6 is 0 Å². The Bertz CT molecular complexity index is 678. The number of carbonyl (C=O) groups is 2. The summed E-state index contributed by atoms with van der Waals surface area (Å²) in [5, 5.41) is 22.9. The van der Waals surface area contributed by atoms with E-state index in [4.69, 9.17) is 5.11 Å². The molecule has 2 N–H and O–H groups in total. The summed E-state index contributed by atoms with van der Waals surface area (Å²) in [4.78, 5) is 36.1. The number of hydrogen-bond donors (Lipinski definition) is 2. The zero-order chi connectivity index (χ0) is 16.6. The zero-order valence-electron chi connectivity index (χ0n) is 12.4. The van der Waals surface area contributed by atoms with E-state index in [-0.39, 0.29) is 11.3 Å². The fourth-order valence-corrected chi connectivity index (χ4v) is 2.84. The van der Waals surface area contributed by atoms with Gasteiger partial charge in [0.1, 0.15) is 11.2 Å². The summed E-state index contributed by atoms with van der Waals surface area (Å²) >= 11 is 0. The minimum absolute atomic E-state index is 0.104. The maximum absolute atomic E-state index is 12.2. The number of nitrogens with zero attached hydrogens (tertiary/aromatic N) is 2. The molecule has 8 nitrogen and oxygen atoms in total. The van der Waals surface area contributed by atoms with Crippen LogP contribution < -0.4 is 10.2 Å². The predicted molar refractivity (Wildman–Crippen MR) is 81.6 cm³/mol. The third-order valence-electron chi connectivity index (χ3n) is 4.39. The first kappa shape index (κ1) is 15.3. The number of benzene rings is 1. The van der Waals surface area contributed by atoms with Crippen molar-refractivity contribution in [1.29, 1.82) is 0 Å². The maximum atomic E-state index is 12.2. The van der Waals surface area contributed by atoms with Crippen molar-refractivity contribution >= 4 is 23.3 Å². The largest absolute Gasteiger partial charge is 0.480 e. The van der Waals surface area contributed by atoms with Crippen molar-refractivity contribution in [3.63, 3.8) is 0 Å². The zero-order valence-corrected chi connectivity index (χ0v) is 12.4. The first-order chi connectivity index (χ1) is 10.9. The van der Waals surface area contributed by atoms with Crippen molar-refractivity contribution in [1.82, 2.24) is 5.32 Å². The molecule has 122 valence electrons. The van der Waals surface area contributed by atoms with E-state index in [1.807, 2.05) is 4.90 Å². The lowest BCUT2D eigenvalue weighted by molar-refractivity contribution is -0.384. The highest BCUT2D eigenvalue weighted by molar-refractivity contribution is 6.00. The Morgan fingerprint density at radius 1 is 1.26 bits per heavy atom. The molecule has 2 fully saturated rings. The molecular formula is C15H17N3O5. The van der Waals surface area contributed by atoms with E-state index < -0.39 is 22.3 Å². The number of carboxylic acids is 1. The van der Waals surface area contributed by atoms with Crippen molar-refractivity contribution < 1.29 is 19.6 Å². The second-order valence-electron chi connectivity index (χ2n) is 6.00. The lowest BCUT2D eigenvalue weighted by Crippen LogP contribution is -2.43. The van der Waals surface area contributed by atoms with Gasteiger partial charge in [0.2, 0.25) is 0 Å². The number of rotatable bonds is 5. The summed E-state index contributed by atoms with van der Waals surface area (Å²) in [5.74, 6) is -1.67. The number of nitro groups is 1. The number of anilines is 1. The molecule has 0 unspecified atom stereocenters. The van der Waals surface area contributed by atoms with E-state index in [1.165, 1.54) is 12.1 Å². The summed E-state index contributed by atoms with van der Waals surface area (Å²) in [6, 6.07) is 4.30. The Hall–Kier alpha value is -2.64. The molecule has 2 aliphatic rings. The molecule has 1 aliphatic carbocycles. The summed E-state index contributed by atoms with van der Waals surface area (Å²) < 4.78 is 0. The average molecular weight is 319 g/mol. The molecule has 1 saturated carbocycles. The molecule has 1 amide bonds. The summed E-state index contributed by atoms with van der Waals surface area (Å²) in [6.07, 6.45) is 2.73. The van der Waals surface area contributed by atoms with Gasteiger partial charge in [0.15, 0.2) is 0 Å². The fourth-order valence-electron chi connectivity index (χ4n) is 2.84. The lowest BCUT2D eigenvalue weighted by Gasteiger charge is -2.18. The average Bonchev–Trinajstić information content (AvgIpc) is 3.10. The second-order valence-corrected chi connectivity index (χ2v) is 6.00. The van der Waals surface area contributed by atoms with Crippen molar-refractivity contribution in [2.45, 2.75) is 31.2 Å². The highest BCUT2D eigenvalue weighted by atomic mass is 16.6. The molecule has 0 atom stereocenters. The Balaban J connectivity index is 1.86. The molecule has 23 heavy (non-hydrogen) atoms. The SMILES string of the molecule is O=C(NC1(C(=O)O)CC1)c1ccc(N2CCCC2)c([N+](=O)[O-])c1. The lowest BCUT2D eigenvalue weighted by atomic mass is 10.1. The highest BCUT2D eigenvalue weighted by Crippen LogP contribution is 2.36. The maximum Gasteiger partial charge on any atom is 0.329 e. The molecule has 0 spiro atoms. The van der Waals surface area contributed by atoms with Crippen molar-refractivity contribution in [3.8, 4) is 0 Å². The van der Waals surface area contributed by atoms with Gasteiger partial charge in [-0.3, -0.25) is 14.9 Å². The minimum atomic E-state index is -1.21. The van der Waals surface area contributed by atoms with E-state index in [0.717, 1.165) is 25.9 Å². The van der Waals surface area contributed by atoms with Crippen LogP contribution in [-0.4, -0.2) is 40.5 Å². The van der Waals surface area contributed by atoms with Gasteiger partial charge >= 0.3 is 5.97 Å². The molecule has 1 aromatic rings. The van der Waals surface area contributed by atoms with E-state index in [0.29, 0.717) is 18.5 Å². The second kappa shape index (κ2) is 5.53. The highest BCUT2D eigenvalue weighted by Gasteiger charge is 2.51. The third kappa shape index (κ3) is 2.84. The number of nitrogens with one attached hydrogen (secondary N) is 1. The molecule has 1 heterocycles. The molecule has 0 radical (unpaired) electrons. The van der Waals surface area contributed by atoms with Crippen LogP contribution in [0.2, 0.25) is 0 Å². The van der Waals surface area contributed by atoms with E-state index in [2.05, 4.69) is 5.32 Å². The first-order valence-electron chi connectivity index (χ1n) is 7.52. The summed E-state index contributed by atoms with van der Waals surface area (Å²) in [5.41, 5.74) is -0.727. The van der Waals surface area contributed by atoms with Gasteiger partial charge in [0.05, 0.1) is 4.92 Å². The van der Waals surface area contributed by atoms with Crippen LogP contribution in [0.4, 0.5) is 11.4 Å². The van der Waals surface area contributed by atoms with Crippen LogP contribution in [0.15, 0.2) is 18.2 Å². The standard InChI is InChI=1S/C15H17N3O5/c19-13(16-15(5-6-15)14(20)21)10-3-4-11(12(9-10)18(22)23)17-7-1-2-8-17/h3-4,9H,1-2,5-8H2,(H,16,19)(H,20,21). The van der Waals surface area contributed by atoms with E-state index in [1.54, 1.807) is 6.07 Å². The number of nitro benzene ring substituents is 1. The molecule has 0 aromatic heterocycles. The van der Waals surface area contributed by atoms with Crippen LogP contribution in [0.3, 0.4) is 0 Å². The topological polar surface area (TPSA) is 113 Å². The van der Waals surface area contributed by atoms with Gasteiger partial charge in [-0.1, -0.05) is 0 Å². The number of hydrogen-bond acceptors (Lipinski definition) is 5. The van der Waals surface area contributed by atoms with E-state index in [9.17, 15) is 19.7 Å². The van der Waals surface area contributed by atoms with Crippen molar-refractivity contribution in [2.75, 3.05) is 18.0 Å². The van der Waals surface area contributed by atoms with Gasteiger partial charge in [-0.15, -0.1) is 0 Å². The monoisotopic (exact) mass is 319 g/mol. The van der Waals surface area contributed by atoms with Crippen molar-refractivity contribution in [2.24, 2.45) is 0 Å². The van der Waals surface area contributed by atoms with Crippen LogP contribution in [0, 0.1) is 10.1 Å². The van der Waals surface area contributed by atoms with Crippen LogP contribution in [0.25, 0.3) is 0 Å². The molecular weight excluding hydrogens is 302 g/mol. The number of aliphatic carboxylic acids is 1. The predicted octanol–water partition coefficient (Wildman–Crippen LogP) is 1.54. The molecule has 1 saturated heterocycles. The summed E-state index contributed by atoms with van der Waals surface area (Å²) in [6.45, 7) is 1.52. The van der Waals surface area contributed by atoms with Gasteiger partial charge in [-0.05, 0) is 37.8 Å². The smallest absolute Gasteiger partial charge is 0.329 e. The third-order valence-corrected chi connectivity index (χ3v) is 4.39. The van der Waals surface area contributed by atoms with Gasteiger partial charge in [0, 0.05) is 24.7 Å². The van der Waals surface area contributed by atoms with Gasteiger partial charge in [-0.2, -0.15) is 0 Å². The Morgan fingerprint density at radius 2 is 1.91 bits per heavy atom. The van der Waals surface area contributed by atoms with Gasteiger partial charge in [0.25, 0.3) is 11.6 Å². The van der Waals surface area contributed by atoms with Crippen LogP contribution in [-0.2, 0) is 4.79 Å². The Morgan fingerprint density at radius 3 is 2.43 bits per heavy atom. The van der Waals surface area contributed by atoms with Crippen LogP contribution in [0.5, 0.6) is 0 Å². The summed E-state index contributed by atoms with van der Waals surface area (Å²) in [7, 11) is 0. The molecule has 0 bridgehead atoms. The number of carboxylic acid groups (broad SMARTS) is 1. The normalized spacial score (nSPS) is 18.5. The fraction of sp³-hybridized carbons (Fsp3) is 0.467. The minimum Gasteiger partial charge on any atom is -0.480 e. The van der Waals surface area contributed by atoms with E-state index >= 15 is 0 Å². The molecule has 8 heteroatoms. The molecule has 3 rings (SSSR count). The molecule has 1 aliphatic heterocycles. The first-order valence-corrected chi connectivity index (χ1v) is 7.52. The van der Waals surface area contributed by atoms with Gasteiger partial charge in [-0.25, -0.2) is 4.79 Å². The number of carbonyl (C=O) groups excluding carboxylic acids is 1. The Labute approximate surface area is 132 Å². The Kier molecular flexibility index (Phi) is 3.67. The van der Waals surface area contributed by atoms with Crippen molar-refractivity contribution in [3.05, 3.63) is 33.9 Å². The van der Waals surface area contributed by atoms with Crippen LogP contribution in [0.1, 0.15) is 36.0 Å². The molecule has 1 aromatic carbocycles. The number of amides is 1.